The van der Waals surface area contributed by atoms with Gasteiger partial charge < -0.3 is 10.1 Å². The van der Waals surface area contributed by atoms with Crippen LogP contribution in [0.4, 0.5) is 5.69 Å². The molecule has 0 fully saturated rings. The Morgan fingerprint density at radius 2 is 2.27 bits per heavy atom. The highest BCUT2D eigenvalue weighted by Gasteiger charge is 2.16. The molecule has 0 bridgehead atoms. The van der Waals surface area contributed by atoms with Crippen LogP contribution in [0.2, 0.25) is 0 Å². The standard InChI is InChI=1S/C13H19NO/c1-4-9(2)11-5-6-12-13(10(11)3)14-7-8-15-12/h5-6,9,14H,4,7-8H2,1-3H3. The first-order chi connectivity index (χ1) is 7.24. The summed E-state index contributed by atoms with van der Waals surface area (Å²) in [7, 11) is 0. The fourth-order valence-electron chi connectivity index (χ4n) is 2.13. The third kappa shape index (κ3) is 1.81. The number of ether oxygens (including phenoxy) is 1. The average molecular weight is 205 g/mol. The first-order valence-electron chi connectivity index (χ1n) is 5.74. The normalized spacial score (nSPS) is 16.2. The molecule has 1 aliphatic heterocycles. The van der Waals surface area contributed by atoms with Crippen molar-refractivity contribution in [3.8, 4) is 5.75 Å². The van der Waals surface area contributed by atoms with E-state index in [2.05, 4.69) is 38.2 Å². The molecule has 1 aromatic rings. The number of hydrogen-bond acceptors (Lipinski definition) is 2. The van der Waals surface area contributed by atoms with E-state index in [1.165, 1.54) is 23.2 Å². The number of anilines is 1. The molecule has 1 aromatic carbocycles. The molecule has 1 N–H and O–H groups in total. The molecule has 0 aliphatic carbocycles. The van der Waals surface area contributed by atoms with E-state index in [-0.39, 0.29) is 0 Å². The van der Waals surface area contributed by atoms with Gasteiger partial charge in [-0.25, -0.2) is 0 Å². The highest BCUT2D eigenvalue weighted by Crippen LogP contribution is 2.36. The zero-order valence-corrected chi connectivity index (χ0v) is 9.76. The molecular weight excluding hydrogens is 186 g/mol. The number of rotatable bonds is 2. The summed E-state index contributed by atoms with van der Waals surface area (Å²) in [4.78, 5) is 0. The zero-order chi connectivity index (χ0) is 10.8. The smallest absolute Gasteiger partial charge is 0.142 e. The molecule has 0 amide bonds. The van der Waals surface area contributed by atoms with Crippen molar-refractivity contribution < 1.29 is 4.74 Å². The molecule has 1 aliphatic rings. The summed E-state index contributed by atoms with van der Waals surface area (Å²) < 4.78 is 5.61. The minimum Gasteiger partial charge on any atom is -0.490 e. The summed E-state index contributed by atoms with van der Waals surface area (Å²) in [6.45, 7) is 8.38. The molecule has 1 heterocycles. The molecule has 1 atom stereocenters. The van der Waals surface area contributed by atoms with Crippen molar-refractivity contribution in [3.63, 3.8) is 0 Å². The van der Waals surface area contributed by atoms with Gasteiger partial charge in [-0.15, -0.1) is 0 Å². The predicted octanol–water partition coefficient (Wildman–Crippen LogP) is 3.31. The Labute approximate surface area is 91.6 Å². The minimum absolute atomic E-state index is 0.624. The quantitative estimate of drug-likeness (QED) is 0.799. The number of fused-ring (bicyclic) bond motifs is 1. The maximum absolute atomic E-state index is 5.61. The van der Waals surface area contributed by atoms with Crippen LogP contribution in [0.25, 0.3) is 0 Å². The van der Waals surface area contributed by atoms with E-state index in [1.807, 2.05) is 0 Å². The van der Waals surface area contributed by atoms with Gasteiger partial charge >= 0.3 is 0 Å². The van der Waals surface area contributed by atoms with Crippen molar-refractivity contribution in [1.82, 2.24) is 0 Å². The lowest BCUT2D eigenvalue weighted by atomic mass is 9.93. The largest absolute Gasteiger partial charge is 0.490 e. The third-order valence-corrected chi connectivity index (χ3v) is 3.27. The Bertz CT molecular complexity index is 360. The monoisotopic (exact) mass is 205 g/mol. The Morgan fingerprint density at radius 1 is 1.47 bits per heavy atom. The molecule has 0 aromatic heterocycles. The summed E-state index contributed by atoms with van der Waals surface area (Å²) in [5.74, 6) is 1.63. The van der Waals surface area contributed by atoms with E-state index in [9.17, 15) is 0 Å². The highest BCUT2D eigenvalue weighted by atomic mass is 16.5. The Kier molecular flexibility index (Phi) is 2.85. The molecule has 0 saturated carbocycles. The molecule has 2 rings (SSSR count). The van der Waals surface area contributed by atoms with E-state index < -0.39 is 0 Å². The minimum atomic E-state index is 0.624. The maximum atomic E-state index is 5.61. The van der Waals surface area contributed by atoms with Crippen LogP contribution in [-0.4, -0.2) is 13.2 Å². The molecule has 82 valence electrons. The summed E-state index contributed by atoms with van der Waals surface area (Å²) in [6.07, 6.45) is 1.18. The van der Waals surface area contributed by atoms with Gasteiger partial charge in [-0.1, -0.05) is 19.9 Å². The topological polar surface area (TPSA) is 21.3 Å². The van der Waals surface area contributed by atoms with Crippen LogP contribution in [0.5, 0.6) is 5.75 Å². The molecule has 0 saturated heterocycles. The van der Waals surface area contributed by atoms with Gasteiger partial charge in [0.25, 0.3) is 0 Å². The molecule has 2 heteroatoms. The van der Waals surface area contributed by atoms with Crippen LogP contribution >= 0.6 is 0 Å². The lowest BCUT2D eigenvalue weighted by Crippen LogP contribution is -2.19. The van der Waals surface area contributed by atoms with E-state index >= 15 is 0 Å². The van der Waals surface area contributed by atoms with E-state index in [0.717, 1.165) is 18.9 Å². The zero-order valence-electron chi connectivity index (χ0n) is 9.76. The van der Waals surface area contributed by atoms with Crippen molar-refractivity contribution >= 4 is 5.69 Å². The molecule has 0 spiro atoms. The average Bonchev–Trinajstić information content (AvgIpc) is 2.29. The van der Waals surface area contributed by atoms with E-state index in [0.29, 0.717) is 5.92 Å². The van der Waals surface area contributed by atoms with Crippen molar-refractivity contribution in [2.45, 2.75) is 33.1 Å². The summed E-state index contributed by atoms with van der Waals surface area (Å²) in [5, 5.41) is 3.43. The lowest BCUT2D eigenvalue weighted by Gasteiger charge is -2.24. The van der Waals surface area contributed by atoms with Crippen molar-refractivity contribution in [2.24, 2.45) is 0 Å². The summed E-state index contributed by atoms with van der Waals surface area (Å²) in [5.41, 5.74) is 3.98. The fourth-order valence-corrected chi connectivity index (χ4v) is 2.13. The fraction of sp³-hybridized carbons (Fsp3) is 0.538. The van der Waals surface area contributed by atoms with Crippen LogP contribution in [0.1, 0.15) is 37.3 Å². The van der Waals surface area contributed by atoms with Crippen molar-refractivity contribution in [2.75, 3.05) is 18.5 Å². The Hall–Kier alpha value is -1.18. The first-order valence-corrected chi connectivity index (χ1v) is 5.74. The Balaban J connectivity index is 2.43. The van der Waals surface area contributed by atoms with Crippen LogP contribution in [0.15, 0.2) is 12.1 Å². The second kappa shape index (κ2) is 4.13. The molecular formula is C13H19NO. The van der Waals surface area contributed by atoms with E-state index in [1.54, 1.807) is 0 Å². The number of hydrogen-bond donors (Lipinski definition) is 1. The van der Waals surface area contributed by atoms with Gasteiger partial charge in [0.2, 0.25) is 0 Å². The molecule has 1 unspecified atom stereocenters. The lowest BCUT2D eigenvalue weighted by molar-refractivity contribution is 0.323. The first kappa shape index (κ1) is 10.3. The molecule has 2 nitrogen and oxygen atoms in total. The van der Waals surface area contributed by atoms with Crippen LogP contribution < -0.4 is 10.1 Å². The van der Waals surface area contributed by atoms with Gasteiger partial charge in [-0.2, -0.15) is 0 Å². The summed E-state index contributed by atoms with van der Waals surface area (Å²) >= 11 is 0. The number of benzene rings is 1. The number of nitrogens with one attached hydrogen (secondary N) is 1. The third-order valence-electron chi connectivity index (χ3n) is 3.27. The van der Waals surface area contributed by atoms with Crippen LogP contribution in [0.3, 0.4) is 0 Å². The van der Waals surface area contributed by atoms with Crippen molar-refractivity contribution in [1.29, 1.82) is 0 Å². The van der Waals surface area contributed by atoms with Gasteiger partial charge in [0.1, 0.15) is 12.4 Å². The van der Waals surface area contributed by atoms with Gasteiger partial charge in [-0.3, -0.25) is 0 Å². The van der Waals surface area contributed by atoms with Gasteiger partial charge in [-0.05, 0) is 36.5 Å². The molecule has 15 heavy (non-hydrogen) atoms. The predicted molar refractivity (Wildman–Crippen MR) is 63.9 cm³/mol. The van der Waals surface area contributed by atoms with Gasteiger partial charge in [0, 0.05) is 6.54 Å². The maximum Gasteiger partial charge on any atom is 0.142 e. The SMILES string of the molecule is CCC(C)c1ccc2c(c1C)NCCO2. The van der Waals surface area contributed by atoms with E-state index in [4.69, 9.17) is 4.74 Å². The van der Waals surface area contributed by atoms with Gasteiger partial charge in [0.05, 0.1) is 5.69 Å². The Morgan fingerprint density at radius 3 is 3.00 bits per heavy atom. The van der Waals surface area contributed by atoms with Crippen molar-refractivity contribution in [3.05, 3.63) is 23.3 Å². The van der Waals surface area contributed by atoms with Crippen LogP contribution in [0, 0.1) is 6.92 Å². The second-order valence-electron chi connectivity index (χ2n) is 4.24. The second-order valence-corrected chi connectivity index (χ2v) is 4.24. The van der Waals surface area contributed by atoms with Crippen LogP contribution in [-0.2, 0) is 0 Å². The van der Waals surface area contributed by atoms with Gasteiger partial charge in [0.15, 0.2) is 0 Å². The molecule has 0 radical (unpaired) electrons. The highest BCUT2D eigenvalue weighted by molar-refractivity contribution is 5.65. The summed E-state index contributed by atoms with van der Waals surface area (Å²) in [6, 6.07) is 4.30.